The molecule has 0 fully saturated rings. The molecule has 4 nitrogen and oxygen atoms in total. The van der Waals surface area contributed by atoms with Crippen molar-refractivity contribution in [3.63, 3.8) is 0 Å². The Morgan fingerprint density at radius 3 is 2.88 bits per heavy atom. The van der Waals surface area contributed by atoms with Crippen molar-refractivity contribution in [2.75, 3.05) is 6.54 Å². The van der Waals surface area contributed by atoms with Gasteiger partial charge in [-0.15, -0.1) is 0 Å². The van der Waals surface area contributed by atoms with Gasteiger partial charge >= 0.3 is 5.97 Å². The van der Waals surface area contributed by atoms with Gasteiger partial charge < -0.3 is 9.84 Å². The van der Waals surface area contributed by atoms with Crippen molar-refractivity contribution in [3.8, 4) is 5.75 Å². The lowest BCUT2D eigenvalue weighted by Crippen LogP contribution is -2.41. The molecule has 86 valence electrons. The Kier molecular flexibility index (Phi) is 2.59. The van der Waals surface area contributed by atoms with E-state index < -0.39 is 11.6 Å². The van der Waals surface area contributed by atoms with Crippen LogP contribution in [0.2, 0.25) is 0 Å². The Hall–Kier alpha value is -1.55. The van der Waals surface area contributed by atoms with E-state index in [-0.39, 0.29) is 12.6 Å². The zero-order valence-corrected chi connectivity index (χ0v) is 9.36. The van der Waals surface area contributed by atoms with Gasteiger partial charge in [0.15, 0.2) is 0 Å². The van der Waals surface area contributed by atoms with E-state index in [1.165, 1.54) is 0 Å². The van der Waals surface area contributed by atoms with Gasteiger partial charge in [0.1, 0.15) is 11.4 Å². The molecule has 2 N–H and O–H groups in total. The molecule has 0 amide bonds. The van der Waals surface area contributed by atoms with Crippen LogP contribution in [0.15, 0.2) is 24.3 Å². The molecule has 0 spiro atoms. The normalized spacial score (nSPS) is 21.2. The molecule has 1 unspecified atom stereocenters. The van der Waals surface area contributed by atoms with Crippen molar-refractivity contribution >= 4 is 5.97 Å². The summed E-state index contributed by atoms with van der Waals surface area (Å²) in [7, 11) is 0. The molecule has 1 heterocycles. The van der Waals surface area contributed by atoms with Crippen LogP contribution in [0.25, 0.3) is 0 Å². The number of carbonyl (C=O) groups is 1. The van der Waals surface area contributed by atoms with E-state index in [4.69, 9.17) is 9.84 Å². The van der Waals surface area contributed by atoms with Crippen molar-refractivity contribution in [2.45, 2.75) is 25.5 Å². The van der Waals surface area contributed by atoms with E-state index in [0.29, 0.717) is 0 Å². The number of rotatable bonds is 3. The van der Waals surface area contributed by atoms with E-state index in [1.54, 1.807) is 0 Å². The molecule has 0 aromatic heterocycles. The summed E-state index contributed by atoms with van der Waals surface area (Å²) in [6.45, 7) is 3.84. The van der Waals surface area contributed by atoms with Crippen LogP contribution in [0.4, 0.5) is 0 Å². The van der Waals surface area contributed by atoms with Crippen LogP contribution in [0.5, 0.6) is 5.75 Å². The van der Waals surface area contributed by atoms with Crippen LogP contribution in [0.1, 0.15) is 25.5 Å². The predicted molar refractivity (Wildman–Crippen MR) is 59.5 cm³/mol. The fourth-order valence-corrected chi connectivity index (χ4v) is 2.07. The van der Waals surface area contributed by atoms with Gasteiger partial charge in [-0.1, -0.05) is 18.2 Å². The van der Waals surface area contributed by atoms with Crippen molar-refractivity contribution < 1.29 is 14.6 Å². The van der Waals surface area contributed by atoms with E-state index in [9.17, 15) is 4.79 Å². The SMILES string of the molecule is CC1(C)Oc2ccccc2C1NCC(=O)O. The van der Waals surface area contributed by atoms with Crippen molar-refractivity contribution in [3.05, 3.63) is 29.8 Å². The van der Waals surface area contributed by atoms with Gasteiger partial charge in [0.2, 0.25) is 0 Å². The maximum Gasteiger partial charge on any atom is 0.317 e. The van der Waals surface area contributed by atoms with Gasteiger partial charge in [0.25, 0.3) is 0 Å². The first-order valence-corrected chi connectivity index (χ1v) is 5.24. The molecule has 1 aromatic rings. The summed E-state index contributed by atoms with van der Waals surface area (Å²) in [5, 5.41) is 11.7. The molecule has 1 aromatic carbocycles. The molecule has 0 saturated carbocycles. The highest BCUT2D eigenvalue weighted by Gasteiger charge is 2.40. The Bertz CT molecular complexity index is 414. The number of carboxylic acid groups (broad SMARTS) is 1. The third-order valence-electron chi connectivity index (χ3n) is 2.76. The zero-order valence-electron chi connectivity index (χ0n) is 9.36. The molecule has 0 aliphatic carbocycles. The first kappa shape index (κ1) is 11.0. The second kappa shape index (κ2) is 3.79. The molecule has 0 bridgehead atoms. The number of ether oxygens (including phenoxy) is 1. The average molecular weight is 221 g/mol. The summed E-state index contributed by atoms with van der Waals surface area (Å²) < 4.78 is 5.78. The fourth-order valence-electron chi connectivity index (χ4n) is 2.07. The Morgan fingerprint density at radius 1 is 1.50 bits per heavy atom. The van der Waals surface area contributed by atoms with E-state index in [0.717, 1.165) is 11.3 Å². The number of fused-ring (bicyclic) bond motifs is 1. The lowest BCUT2D eigenvalue weighted by Gasteiger charge is -2.26. The number of carboxylic acids is 1. The summed E-state index contributed by atoms with van der Waals surface area (Å²) in [6, 6.07) is 7.62. The lowest BCUT2D eigenvalue weighted by molar-refractivity contribution is -0.136. The Labute approximate surface area is 94.2 Å². The first-order valence-electron chi connectivity index (χ1n) is 5.24. The van der Waals surface area contributed by atoms with Crippen LogP contribution >= 0.6 is 0 Å². The molecule has 1 aliphatic heterocycles. The average Bonchev–Trinajstić information content (AvgIpc) is 2.44. The molecule has 16 heavy (non-hydrogen) atoms. The summed E-state index contributed by atoms with van der Waals surface area (Å²) in [6.07, 6.45) is 0. The monoisotopic (exact) mass is 221 g/mol. The zero-order chi connectivity index (χ0) is 11.8. The highest BCUT2D eigenvalue weighted by Crippen LogP contribution is 2.42. The third-order valence-corrected chi connectivity index (χ3v) is 2.76. The second-order valence-corrected chi connectivity index (χ2v) is 4.45. The highest BCUT2D eigenvalue weighted by molar-refractivity contribution is 5.69. The van der Waals surface area contributed by atoms with Gasteiger partial charge in [-0.25, -0.2) is 0 Å². The molecule has 0 saturated heterocycles. The Morgan fingerprint density at radius 2 is 2.19 bits per heavy atom. The standard InChI is InChI=1S/C12H15NO3/c1-12(2)11(13-7-10(14)15)8-5-3-4-6-9(8)16-12/h3-6,11,13H,7H2,1-2H3,(H,14,15). The largest absolute Gasteiger partial charge is 0.486 e. The topological polar surface area (TPSA) is 58.6 Å². The molecule has 1 atom stereocenters. The summed E-state index contributed by atoms with van der Waals surface area (Å²) in [4.78, 5) is 10.6. The minimum Gasteiger partial charge on any atom is -0.486 e. The van der Waals surface area contributed by atoms with Crippen molar-refractivity contribution in [1.29, 1.82) is 0 Å². The van der Waals surface area contributed by atoms with E-state index in [2.05, 4.69) is 5.32 Å². The Balaban J connectivity index is 2.24. The summed E-state index contributed by atoms with van der Waals surface area (Å²) >= 11 is 0. The third kappa shape index (κ3) is 1.88. The van der Waals surface area contributed by atoms with E-state index >= 15 is 0 Å². The highest BCUT2D eigenvalue weighted by atomic mass is 16.5. The maximum absolute atomic E-state index is 10.6. The molecule has 0 radical (unpaired) electrons. The number of benzene rings is 1. The van der Waals surface area contributed by atoms with Crippen LogP contribution in [0, 0.1) is 0 Å². The lowest BCUT2D eigenvalue weighted by atomic mass is 9.94. The molecular formula is C12H15NO3. The van der Waals surface area contributed by atoms with Gasteiger partial charge in [-0.3, -0.25) is 10.1 Å². The molecular weight excluding hydrogens is 206 g/mol. The minimum atomic E-state index is -0.861. The molecule has 1 aliphatic rings. The summed E-state index contributed by atoms with van der Waals surface area (Å²) in [5.41, 5.74) is 0.604. The van der Waals surface area contributed by atoms with Gasteiger partial charge in [-0.2, -0.15) is 0 Å². The quantitative estimate of drug-likeness (QED) is 0.813. The van der Waals surface area contributed by atoms with Crippen LogP contribution in [-0.2, 0) is 4.79 Å². The van der Waals surface area contributed by atoms with Crippen LogP contribution in [0.3, 0.4) is 0 Å². The number of nitrogens with one attached hydrogen (secondary N) is 1. The predicted octanol–water partition coefficient (Wildman–Crippen LogP) is 1.57. The molecule has 2 rings (SSSR count). The first-order chi connectivity index (χ1) is 7.50. The van der Waals surface area contributed by atoms with Crippen LogP contribution in [-0.4, -0.2) is 23.2 Å². The van der Waals surface area contributed by atoms with Gasteiger partial charge in [0.05, 0.1) is 12.6 Å². The fraction of sp³-hybridized carbons (Fsp3) is 0.417. The number of aliphatic carboxylic acids is 1. The summed E-state index contributed by atoms with van der Waals surface area (Å²) in [5.74, 6) is -0.0319. The second-order valence-electron chi connectivity index (χ2n) is 4.45. The van der Waals surface area contributed by atoms with Crippen molar-refractivity contribution in [2.24, 2.45) is 0 Å². The number of para-hydroxylation sites is 1. The van der Waals surface area contributed by atoms with Crippen molar-refractivity contribution in [1.82, 2.24) is 5.32 Å². The van der Waals surface area contributed by atoms with Gasteiger partial charge in [-0.05, 0) is 19.9 Å². The minimum absolute atomic E-state index is 0.0637. The maximum atomic E-state index is 10.6. The number of hydrogen-bond acceptors (Lipinski definition) is 3. The number of hydrogen-bond donors (Lipinski definition) is 2. The smallest absolute Gasteiger partial charge is 0.317 e. The molecule has 4 heteroatoms. The van der Waals surface area contributed by atoms with Gasteiger partial charge in [0, 0.05) is 5.56 Å². The van der Waals surface area contributed by atoms with Crippen LogP contribution < -0.4 is 10.1 Å². The van der Waals surface area contributed by atoms with E-state index in [1.807, 2.05) is 38.1 Å².